The third-order valence-corrected chi connectivity index (χ3v) is 5.15. The minimum atomic E-state index is -0.808. The fourth-order valence-corrected chi connectivity index (χ4v) is 4.55. The van der Waals surface area contributed by atoms with E-state index in [4.69, 9.17) is 3.50 Å². The molecule has 0 bridgehead atoms. The van der Waals surface area contributed by atoms with Crippen molar-refractivity contribution in [1.29, 1.82) is 0 Å². The molecule has 0 amide bonds. The van der Waals surface area contributed by atoms with Gasteiger partial charge in [0.05, 0.1) is 0 Å². The van der Waals surface area contributed by atoms with Gasteiger partial charge in [-0.25, -0.2) is 0 Å². The Kier molecular flexibility index (Phi) is 5.49. The molecule has 2 aromatic carbocycles. The molecule has 20 heavy (non-hydrogen) atoms. The van der Waals surface area contributed by atoms with Gasteiger partial charge in [0, 0.05) is 0 Å². The molecule has 0 heterocycles. The van der Waals surface area contributed by atoms with Gasteiger partial charge < -0.3 is 0 Å². The second-order valence-corrected chi connectivity index (χ2v) is 7.18. The summed E-state index contributed by atoms with van der Waals surface area (Å²) in [6.45, 7) is 6.43. The molecule has 0 aromatic heterocycles. The Hall–Kier alpha value is -1.46. The van der Waals surface area contributed by atoms with E-state index in [0.717, 1.165) is 0 Å². The molecule has 102 valence electrons. The van der Waals surface area contributed by atoms with Crippen LogP contribution in [0.5, 0.6) is 0 Å². The van der Waals surface area contributed by atoms with Crippen LogP contribution in [0.1, 0.15) is 23.6 Å². The van der Waals surface area contributed by atoms with Crippen LogP contribution in [0.15, 0.2) is 58.1 Å². The number of allylic oxidation sites excluding steroid dienone is 2. The van der Waals surface area contributed by atoms with Gasteiger partial charge in [-0.2, -0.15) is 0 Å². The van der Waals surface area contributed by atoms with Crippen LogP contribution in [0.2, 0.25) is 0 Å². The zero-order chi connectivity index (χ0) is 14.4. The molecule has 0 aliphatic rings. The number of rotatable bonds is 3. The molecule has 0 fully saturated rings. The maximum absolute atomic E-state index is 4.84. The predicted octanol–water partition coefficient (Wildman–Crippen LogP) is 5.11. The van der Waals surface area contributed by atoms with E-state index < -0.39 is 17.9 Å². The van der Waals surface area contributed by atoms with Crippen molar-refractivity contribution in [2.24, 2.45) is 3.50 Å². The Bertz CT molecular complexity index is 658. The van der Waals surface area contributed by atoms with Gasteiger partial charge in [0.25, 0.3) is 0 Å². The monoisotopic (exact) mass is 433 g/mol. The van der Waals surface area contributed by atoms with Gasteiger partial charge in [0.2, 0.25) is 0 Å². The van der Waals surface area contributed by atoms with Gasteiger partial charge in [-0.1, -0.05) is 0 Å². The zero-order valence-electron chi connectivity index (χ0n) is 12.1. The van der Waals surface area contributed by atoms with E-state index in [1.807, 2.05) is 6.07 Å². The summed E-state index contributed by atoms with van der Waals surface area (Å²) in [7, 11) is 0. The molecular formula is C18H19NW. The SMILES string of the molecule is C/C(=C\[CH]=[W]=[N]c1c(C)cccc1C)c1ccccc1. The summed E-state index contributed by atoms with van der Waals surface area (Å²) >= 11 is -0.808. The number of nitrogens with zero attached hydrogens (tertiary/aromatic N) is 1. The van der Waals surface area contributed by atoms with Gasteiger partial charge in [0.15, 0.2) is 0 Å². The minimum absolute atomic E-state index is 0.808. The Morgan fingerprint density at radius 1 is 0.950 bits per heavy atom. The second-order valence-electron chi connectivity index (χ2n) is 4.79. The Morgan fingerprint density at radius 2 is 1.60 bits per heavy atom. The third kappa shape index (κ3) is 4.01. The van der Waals surface area contributed by atoms with Crippen LogP contribution in [0, 0.1) is 13.8 Å². The van der Waals surface area contributed by atoms with Crippen LogP contribution in [0.3, 0.4) is 0 Å². The number of aryl methyl sites for hydroxylation is 2. The quantitative estimate of drug-likeness (QED) is 0.639. The molecule has 2 rings (SSSR count). The van der Waals surface area contributed by atoms with Crippen molar-refractivity contribution in [2.45, 2.75) is 20.8 Å². The zero-order valence-corrected chi connectivity index (χ0v) is 15.1. The van der Waals surface area contributed by atoms with Crippen LogP contribution < -0.4 is 0 Å². The molecular weight excluding hydrogens is 414 g/mol. The van der Waals surface area contributed by atoms with Gasteiger partial charge in [-0.15, -0.1) is 0 Å². The number of benzene rings is 2. The van der Waals surface area contributed by atoms with E-state index in [1.165, 1.54) is 28.0 Å². The second kappa shape index (κ2) is 7.36. The Labute approximate surface area is 129 Å². The summed E-state index contributed by atoms with van der Waals surface area (Å²) < 4.78 is 7.12. The first-order valence-electron chi connectivity index (χ1n) is 6.67. The van der Waals surface area contributed by atoms with E-state index in [9.17, 15) is 0 Å². The predicted molar refractivity (Wildman–Crippen MR) is 84.2 cm³/mol. The van der Waals surface area contributed by atoms with Crippen LogP contribution >= 0.6 is 0 Å². The van der Waals surface area contributed by atoms with Crippen molar-refractivity contribution in [2.75, 3.05) is 0 Å². The maximum atomic E-state index is 4.84. The van der Waals surface area contributed by atoms with Crippen molar-refractivity contribution in [3.63, 3.8) is 0 Å². The third-order valence-electron chi connectivity index (χ3n) is 3.19. The summed E-state index contributed by atoms with van der Waals surface area (Å²) in [6, 6.07) is 16.9. The van der Waals surface area contributed by atoms with Crippen LogP contribution in [-0.2, 0) is 17.9 Å². The topological polar surface area (TPSA) is 12.4 Å². The molecule has 0 aliphatic carbocycles. The van der Waals surface area contributed by atoms with Gasteiger partial charge in [-0.05, 0) is 0 Å². The fraction of sp³-hybridized carbons (Fsp3) is 0.167. The van der Waals surface area contributed by atoms with Crippen LogP contribution in [-0.4, -0.2) is 4.40 Å². The number of hydrogen-bond acceptors (Lipinski definition) is 1. The molecule has 0 radical (unpaired) electrons. The molecule has 0 unspecified atom stereocenters. The Balaban J connectivity index is 2.20. The van der Waals surface area contributed by atoms with E-state index in [0.29, 0.717) is 0 Å². The van der Waals surface area contributed by atoms with E-state index in [-0.39, 0.29) is 0 Å². The molecule has 2 heteroatoms. The van der Waals surface area contributed by atoms with E-state index >= 15 is 0 Å². The van der Waals surface area contributed by atoms with Gasteiger partial charge in [0.1, 0.15) is 0 Å². The summed E-state index contributed by atoms with van der Waals surface area (Å²) in [5.74, 6) is 0. The van der Waals surface area contributed by atoms with Crippen molar-refractivity contribution < 1.29 is 17.9 Å². The average Bonchev–Trinajstić information content (AvgIpc) is 2.46. The summed E-state index contributed by atoms with van der Waals surface area (Å²) in [5.41, 5.74) is 6.35. The van der Waals surface area contributed by atoms with Gasteiger partial charge >= 0.3 is 129 Å². The van der Waals surface area contributed by atoms with E-state index in [2.05, 4.69) is 73.7 Å². The number of hydrogen-bond donors (Lipinski definition) is 0. The first-order chi connectivity index (χ1) is 9.68. The van der Waals surface area contributed by atoms with Gasteiger partial charge in [-0.3, -0.25) is 0 Å². The molecule has 1 nitrogen and oxygen atoms in total. The molecule has 0 saturated heterocycles. The molecule has 0 N–H and O–H groups in total. The molecule has 0 saturated carbocycles. The standard InChI is InChI=1S/C10H10.C8H9N.W/c1-3-9(2)10-7-5-4-6-8-10;1-6-4-3-5-7(2)8(6)9;/h1,3-8H,2H3;3-5H,1-2H3;/b9-3+;;. The average molecular weight is 433 g/mol. The normalized spacial score (nSPS) is 11.1. The van der Waals surface area contributed by atoms with Crippen LogP contribution in [0.4, 0.5) is 5.69 Å². The fourth-order valence-electron chi connectivity index (χ4n) is 1.96. The first-order valence-corrected chi connectivity index (χ1v) is 9.67. The summed E-state index contributed by atoms with van der Waals surface area (Å²) in [5, 5.41) is 0. The summed E-state index contributed by atoms with van der Waals surface area (Å²) in [6.07, 6.45) is 2.22. The summed E-state index contributed by atoms with van der Waals surface area (Å²) in [4.78, 5) is 0. The van der Waals surface area contributed by atoms with Crippen molar-refractivity contribution in [3.8, 4) is 0 Å². The molecule has 0 aliphatic heterocycles. The Morgan fingerprint density at radius 3 is 2.25 bits per heavy atom. The molecule has 2 aromatic rings. The van der Waals surface area contributed by atoms with Crippen molar-refractivity contribution >= 4 is 15.7 Å². The molecule has 0 atom stereocenters. The van der Waals surface area contributed by atoms with Crippen molar-refractivity contribution in [3.05, 3.63) is 71.3 Å². The first kappa shape index (κ1) is 14.9. The molecule has 0 spiro atoms. The van der Waals surface area contributed by atoms with Crippen molar-refractivity contribution in [1.82, 2.24) is 0 Å². The van der Waals surface area contributed by atoms with Crippen LogP contribution in [0.25, 0.3) is 5.57 Å². The van der Waals surface area contributed by atoms with E-state index in [1.54, 1.807) is 0 Å².